The third-order valence-corrected chi connectivity index (χ3v) is 6.76. The molecule has 0 radical (unpaired) electrons. The SMILES string of the molecule is CC(NC1=NCCCCC1)C12CC3CC(CC(C3)C1)C2. The van der Waals surface area contributed by atoms with Gasteiger partial charge in [-0.3, -0.25) is 4.99 Å². The van der Waals surface area contributed by atoms with Crippen LogP contribution in [0.3, 0.4) is 0 Å². The van der Waals surface area contributed by atoms with Crippen molar-refractivity contribution in [3.63, 3.8) is 0 Å². The molecule has 0 aromatic carbocycles. The zero-order valence-electron chi connectivity index (χ0n) is 13.0. The number of hydrogen-bond donors (Lipinski definition) is 1. The van der Waals surface area contributed by atoms with Gasteiger partial charge in [0.05, 0.1) is 5.84 Å². The first-order valence-corrected chi connectivity index (χ1v) is 9.03. The van der Waals surface area contributed by atoms with Crippen LogP contribution in [-0.4, -0.2) is 18.4 Å². The van der Waals surface area contributed by atoms with Gasteiger partial charge in [0, 0.05) is 19.0 Å². The Bertz CT molecular complexity index is 363. The van der Waals surface area contributed by atoms with Gasteiger partial charge < -0.3 is 5.32 Å². The lowest BCUT2D eigenvalue weighted by molar-refractivity contribution is -0.0673. The molecule has 20 heavy (non-hydrogen) atoms. The lowest BCUT2D eigenvalue weighted by Crippen LogP contribution is -2.55. The Labute approximate surface area is 123 Å². The van der Waals surface area contributed by atoms with Crippen LogP contribution in [0.5, 0.6) is 0 Å². The molecule has 5 aliphatic rings. The fourth-order valence-corrected chi connectivity index (χ4v) is 6.10. The van der Waals surface area contributed by atoms with Crippen LogP contribution in [0.2, 0.25) is 0 Å². The summed E-state index contributed by atoms with van der Waals surface area (Å²) >= 11 is 0. The van der Waals surface area contributed by atoms with Gasteiger partial charge in [-0.05, 0) is 81.5 Å². The van der Waals surface area contributed by atoms with Gasteiger partial charge in [-0.2, -0.15) is 0 Å². The predicted octanol–water partition coefficient (Wildman–Crippen LogP) is 4.15. The molecule has 0 amide bonds. The minimum absolute atomic E-state index is 0.615. The van der Waals surface area contributed by atoms with Crippen molar-refractivity contribution in [3.05, 3.63) is 0 Å². The van der Waals surface area contributed by atoms with E-state index in [4.69, 9.17) is 4.99 Å². The summed E-state index contributed by atoms with van der Waals surface area (Å²) in [6.45, 7) is 3.51. The highest BCUT2D eigenvalue weighted by atomic mass is 15.0. The van der Waals surface area contributed by atoms with Crippen LogP contribution in [0.15, 0.2) is 4.99 Å². The second-order valence-corrected chi connectivity index (χ2v) is 8.29. The van der Waals surface area contributed by atoms with Crippen molar-refractivity contribution < 1.29 is 0 Å². The molecule has 1 aliphatic heterocycles. The van der Waals surface area contributed by atoms with Gasteiger partial charge in [0.15, 0.2) is 0 Å². The highest BCUT2D eigenvalue weighted by Crippen LogP contribution is 2.61. The molecule has 112 valence electrons. The zero-order chi connectivity index (χ0) is 13.6. The Morgan fingerprint density at radius 2 is 1.65 bits per heavy atom. The Hall–Kier alpha value is -0.530. The fourth-order valence-electron chi connectivity index (χ4n) is 6.10. The molecular formula is C18H30N2. The van der Waals surface area contributed by atoms with Gasteiger partial charge in [-0.1, -0.05) is 6.42 Å². The summed E-state index contributed by atoms with van der Waals surface area (Å²) in [5.74, 6) is 4.50. The molecule has 4 aliphatic carbocycles. The molecular weight excluding hydrogens is 244 g/mol. The average molecular weight is 274 g/mol. The highest BCUT2D eigenvalue weighted by molar-refractivity contribution is 5.82. The van der Waals surface area contributed by atoms with Crippen molar-refractivity contribution in [1.82, 2.24) is 5.32 Å². The third-order valence-electron chi connectivity index (χ3n) is 6.76. The number of rotatable bonds is 2. The molecule has 0 saturated heterocycles. The Balaban J connectivity index is 1.47. The van der Waals surface area contributed by atoms with Crippen LogP contribution in [0, 0.1) is 23.2 Å². The lowest BCUT2D eigenvalue weighted by atomic mass is 9.48. The van der Waals surface area contributed by atoms with Gasteiger partial charge >= 0.3 is 0 Å². The normalized spacial score (nSPS) is 44.9. The third kappa shape index (κ3) is 2.29. The molecule has 0 aromatic rings. The van der Waals surface area contributed by atoms with Gasteiger partial charge in [-0.25, -0.2) is 0 Å². The molecule has 4 fully saturated rings. The van der Waals surface area contributed by atoms with Gasteiger partial charge in [-0.15, -0.1) is 0 Å². The van der Waals surface area contributed by atoms with Crippen LogP contribution in [0.25, 0.3) is 0 Å². The van der Waals surface area contributed by atoms with Crippen LogP contribution in [0.4, 0.5) is 0 Å². The Kier molecular flexibility index (Phi) is 3.31. The summed E-state index contributed by atoms with van der Waals surface area (Å²) in [7, 11) is 0. The summed E-state index contributed by atoms with van der Waals surface area (Å²) < 4.78 is 0. The first-order valence-electron chi connectivity index (χ1n) is 9.03. The zero-order valence-corrected chi connectivity index (χ0v) is 13.0. The van der Waals surface area contributed by atoms with Crippen molar-refractivity contribution in [2.75, 3.05) is 6.54 Å². The summed E-state index contributed by atoms with van der Waals surface area (Å²) in [6.07, 6.45) is 14.3. The number of nitrogens with zero attached hydrogens (tertiary/aromatic N) is 1. The molecule has 1 N–H and O–H groups in total. The second-order valence-electron chi connectivity index (χ2n) is 8.29. The van der Waals surface area contributed by atoms with Crippen molar-refractivity contribution in [3.8, 4) is 0 Å². The van der Waals surface area contributed by atoms with E-state index < -0.39 is 0 Å². The second kappa shape index (κ2) is 5.03. The van der Waals surface area contributed by atoms with Crippen molar-refractivity contribution in [1.29, 1.82) is 0 Å². The molecule has 5 rings (SSSR count). The summed E-state index contributed by atoms with van der Waals surface area (Å²) in [6, 6.07) is 0.646. The molecule has 1 atom stereocenters. The first kappa shape index (κ1) is 13.2. The number of hydrogen-bond acceptors (Lipinski definition) is 2. The maximum Gasteiger partial charge on any atom is 0.0965 e. The molecule has 2 heteroatoms. The minimum Gasteiger partial charge on any atom is -0.371 e. The van der Waals surface area contributed by atoms with E-state index in [1.807, 2.05) is 0 Å². The number of nitrogens with one attached hydrogen (secondary N) is 1. The van der Waals surface area contributed by atoms with E-state index in [1.165, 1.54) is 50.8 Å². The van der Waals surface area contributed by atoms with Gasteiger partial charge in [0.25, 0.3) is 0 Å². The van der Waals surface area contributed by atoms with Crippen molar-refractivity contribution >= 4 is 5.84 Å². The lowest BCUT2D eigenvalue weighted by Gasteiger charge is -2.59. The fraction of sp³-hybridized carbons (Fsp3) is 0.944. The van der Waals surface area contributed by atoms with Crippen LogP contribution in [0.1, 0.15) is 71.1 Å². The number of amidine groups is 1. The van der Waals surface area contributed by atoms with Gasteiger partial charge in [0.1, 0.15) is 0 Å². The standard InChI is InChI=1S/C18H30N2/c1-13(20-17-5-3-2-4-6-19-17)18-10-14-7-15(11-18)9-16(8-14)12-18/h13-16H,2-12H2,1H3,(H,19,20). The van der Waals surface area contributed by atoms with E-state index in [0.29, 0.717) is 11.5 Å². The first-order chi connectivity index (χ1) is 9.73. The molecule has 0 spiro atoms. The summed E-state index contributed by atoms with van der Waals surface area (Å²) in [5, 5.41) is 3.87. The van der Waals surface area contributed by atoms with E-state index in [-0.39, 0.29) is 0 Å². The van der Waals surface area contributed by atoms with E-state index in [0.717, 1.165) is 24.3 Å². The monoisotopic (exact) mass is 274 g/mol. The van der Waals surface area contributed by atoms with Crippen molar-refractivity contribution in [2.24, 2.45) is 28.2 Å². The molecule has 4 saturated carbocycles. The predicted molar refractivity (Wildman–Crippen MR) is 84.0 cm³/mol. The maximum atomic E-state index is 4.80. The van der Waals surface area contributed by atoms with Crippen LogP contribution in [-0.2, 0) is 0 Å². The number of aliphatic imine (C=N–C) groups is 1. The molecule has 2 nitrogen and oxygen atoms in total. The molecule has 4 bridgehead atoms. The average Bonchev–Trinajstić information content (AvgIpc) is 2.65. The van der Waals surface area contributed by atoms with E-state index in [9.17, 15) is 0 Å². The maximum absolute atomic E-state index is 4.80. The van der Waals surface area contributed by atoms with Crippen molar-refractivity contribution in [2.45, 2.75) is 77.2 Å². The molecule has 1 heterocycles. The van der Waals surface area contributed by atoms with Crippen LogP contribution >= 0.6 is 0 Å². The van der Waals surface area contributed by atoms with Crippen LogP contribution < -0.4 is 5.32 Å². The Morgan fingerprint density at radius 1 is 1.00 bits per heavy atom. The quantitative estimate of drug-likeness (QED) is 0.803. The van der Waals surface area contributed by atoms with E-state index in [1.54, 1.807) is 19.3 Å². The van der Waals surface area contributed by atoms with E-state index >= 15 is 0 Å². The molecule has 0 aromatic heterocycles. The smallest absolute Gasteiger partial charge is 0.0965 e. The van der Waals surface area contributed by atoms with Gasteiger partial charge in [0.2, 0.25) is 0 Å². The largest absolute Gasteiger partial charge is 0.371 e. The minimum atomic E-state index is 0.615. The highest BCUT2D eigenvalue weighted by Gasteiger charge is 2.53. The van der Waals surface area contributed by atoms with E-state index in [2.05, 4.69) is 12.2 Å². The molecule has 1 unspecified atom stereocenters. The summed E-state index contributed by atoms with van der Waals surface area (Å²) in [5.41, 5.74) is 0.615. The summed E-state index contributed by atoms with van der Waals surface area (Å²) in [4.78, 5) is 4.80. The Morgan fingerprint density at radius 3 is 2.30 bits per heavy atom. The topological polar surface area (TPSA) is 24.4 Å².